The van der Waals surface area contributed by atoms with Crippen molar-refractivity contribution in [2.75, 3.05) is 7.11 Å². The van der Waals surface area contributed by atoms with Crippen LogP contribution in [0.3, 0.4) is 0 Å². The van der Waals surface area contributed by atoms with Crippen molar-refractivity contribution in [3.05, 3.63) is 48.3 Å². The van der Waals surface area contributed by atoms with Gasteiger partial charge in [0.05, 0.1) is 12.6 Å². The Morgan fingerprint density at radius 3 is 2.42 bits per heavy atom. The number of halogens is 1. The number of pyridine rings is 1. The average Bonchev–Trinajstić information content (AvgIpc) is 2.48. The Balaban J connectivity index is 0.000000637. The molecule has 98 valence electrons. The molecular formula is C16H16FNO. The van der Waals surface area contributed by atoms with E-state index in [1.807, 2.05) is 38.1 Å². The molecule has 3 aromatic rings. The molecule has 0 saturated heterocycles. The molecule has 0 atom stereocenters. The normalized spacial score (nSPS) is 10.1. The predicted octanol–water partition coefficient (Wildman–Crippen LogP) is 4.56. The lowest BCUT2D eigenvalue weighted by molar-refractivity contribution is 0.405. The number of para-hydroxylation sites is 1. The molecule has 0 amide bonds. The van der Waals surface area contributed by atoms with E-state index in [1.165, 1.54) is 12.1 Å². The summed E-state index contributed by atoms with van der Waals surface area (Å²) in [4.78, 5) is 4.41. The highest BCUT2D eigenvalue weighted by molar-refractivity contribution is 6.07. The molecule has 1 heterocycles. The van der Waals surface area contributed by atoms with Crippen molar-refractivity contribution in [1.82, 2.24) is 4.98 Å². The van der Waals surface area contributed by atoms with Gasteiger partial charge in [0.1, 0.15) is 5.82 Å². The topological polar surface area (TPSA) is 22.1 Å². The molecule has 0 saturated carbocycles. The lowest BCUT2D eigenvalue weighted by Gasteiger charge is -2.08. The second-order valence-electron chi connectivity index (χ2n) is 3.83. The first-order valence-corrected chi connectivity index (χ1v) is 6.31. The lowest BCUT2D eigenvalue weighted by atomic mass is 10.1. The molecule has 0 unspecified atom stereocenters. The summed E-state index contributed by atoms with van der Waals surface area (Å²) in [5.41, 5.74) is 0.808. The van der Waals surface area contributed by atoms with Gasteiger partial charge in [0.2, 0.25) is 5.88 Å². The van der Waals surface area contributed by atoms with Crippen molar-refractivity contribution in [2.24, 2.45) is 0 Å². The zero-order valence-electron chi connectivity index (χ0n) is 11.3. The summed E-state index contributed by atoms with van der Waals surface area (Å²) in [6, 6.07) is 12.3. The summed E-state index contributed by atoms with van der Waals surface area (Å²) in [7, 11) is 1.57. The lowest BCUT2D eigenvalue weighted by Crippen LogP contribution is -1.91. The highest BCUT2D eigenvalue weighted by Gasteiger charge is 2.08. The van der Waals surface area contributed by atoms with Gasteiger partial charge in [-0.25, -0.2) is 9.37 Å². The van der Waals surface area contributed by atoms with Crippen molar-refractivity contribution in [2.45, 2.75) is 13.8 Å². The Morgan fingerprint density at radius 1 is 0.947 bits per heavy atom. The van der Waals surface area contributed by atoms with E-state index in [0.29, 0.717) is 5.88 Å². The highest BCUT2D eigenvalue weighted by atomic mass is 19.1. The van der Waals surface area contributed by atoms with Gasteiger partial charge in [0.15, 0.2) is 0 Å². The molecule has 19 heavy (non-hydrogen) atoms. The number of benzene rings is 2. The van der Waals surface area contributed by atoms with Crippen LogP contribution in [-0.4, -0.2) is 12.1 Å². The first-order valence-electron chi connectivity index (χ1n) is 6.31. The highest BCUT2D eigenvalue weighted by Crippen LogP contribution is 2.30. The number of hydrogen-bond donors (Lipinski definition) is 0. The minimum atomic E-state index is -0.254. The summed E-state index contributed by atoms with van der Waals surface area (Å²) in [5, 5.41) is 2.59. The van der Waals surface area contributed by atoms with Crippen molar-refractivity contribution < 1.29 is 9.13 Å². The fourth-order valence-corrected chi connectivity index (χ4v) is 2.05. The van der Waals surface area contributed by atoms with Crippen LogP contribution in [-0.2, 0) is 0 Å². The van der Waals surface area contributed by atoms with E-state index in [2.05, 4.69) is 4.98 Å². The zero-order valence-corrected chi connectivity index (χ0v) is 11.3. The van der Waals surface area contributed by atoms with Crippen LogP contribution >= 0.6 is 0 Å². The number of methoxy groups -OCH3 is 1. The van der Waals surface area contributed by atoms with E-state index in [-0.39, 0.29) is 5.82 Å². The molecule has 0 aliphatic heterocycles. The van der Waals surface area contributed by atoms with E-state index in [1.54, 1.807) is 13.2 Å². The van der Waals surface area contributed by atoms with Crippen LogP contribution in [0, 0.1) is 5.82 Å². The van der Waals surface area contributed by atoms with Crippen LogP contribution in [0.1, 0.15) is 13.8 Å². The van der Waals surface area contributed by atoms with Gasteiger partial charge in [-0.1, -0.05) is 32.0 Å². The van der Waals surface area contributed by atoms with E-state index in [9.17, 15) is 4.39 Å². The summed E-state index contributed by atoms with van der Waals surface area (Å²) in [6.07, 6.45) is 0. The molecule has 0 fully saturated rings. The number of rotatable bonds is 1. The van der Waals surface area contributed by atoms with Gasteiger partial charge in [-0.3, -0.25) is 0 Å². The molecule has 2 aromatic carbocycles. The minimum absolute atomic E-state index is 0.254. The molecule has 0 radical (unpaired) electrons. The molecule has 0 spiro atoms. The smallest absolute Gasteiger partial charge is 0.221 e. The fourth-order valence-electron chi connectivity index (χ4n) is 2.05. The summed E-state index contributed by atoms with van der Waals surface area (Å²) in [5.74, 6) is 0.273. The summed E-state index contributed by atoms with van der Waals surface area (Å²) < 4.78 is 18.6. The Hall–Kier alpha value is -2.16. The quantitative estimate of drug-likeness (QED) is 0.596. The number of ether oxygens (including phenoxy) is 1. The Morgan fingerprint density at radius 2 is 1.68 bits per heavy atom. The van der Waals surface area contributed by atoms with Crippen LogP contribution < -0.4 is 4.74 Å². The van der Waals surface area contributed by atoms with Gasteiger partial charge >= 0.3 is 0 Å². The van der Waals surface area contributed by atoms with Crippen molar-refractivity contribution in [3.63, 3.8) is 0 Å². The zero-order chi connectivity index (χ0) is 13.8. The van der Waals surface area contributed by atoms with Crippen LogP contribution in [0.2, 0.25) is 0 Å². The maximum absolute atomic E-state index is 13.3. The minimum Gasteiger partial charge on any atom is -0.481 e. The third kappa shape index (κ3) is 2.36. The summed E-state index contributed by atoms with van der Waals surface area (Å²) >= 11 is 0. The van der Waals surface area contributed by atoms with E-state index in [0.717, 1.165) is 21.7 Å². The number of nitrogens with zero attached hydrogens (tertiary/aromatic N) is 1. The van der Waals surface area contributed by atoms with Crippen molar-refractivity contribution in [3.8, 4) is 5.88 Å². The van der Waals surface area contributed by atoms with Gasteiger partial charge in [0.25, 0.3) is 0 Å². The van der Waals surface area contributed by atoms with Crippen LogP contribution in [0.15, 0.2) is 42.5 Å². The second kappa shape index (κ2) is 5.65. The van der Waals surface area contributed by atoms with Crippen LogP contribution in [0.25, 0.3) is 21.7 Å². The third-order valence-corrected chi connectivity index (χ3v) is 2.82. The van der Waals surface area contributed by atoms with Crippen molar-refractivity contribution in [1.29, 1.82) is 0 Å². The number of fused-ring (bicyclic) bond motifs is 3. The first kappa shape index (κ1) is 13.3. The Bertz CT molecular complexity index is 710. The fraction of sp³-hybridized carbons (Fsp3) is 0.188. The molecule has 0 aliphatic rings. The van der Waals surface area contributed by atoms with Crippen LogP contribution in [0.4, 0.5) is 4.39 Å². The van der Waals surface area contributed by atoms with E-state index >= 15 is 0 Å². The van der Waals surface area contributed by atoms with Crippen LogP contribution in [0.5, 0.6) is 5.88 Å². The SMILES string of the molecule is CC.COc1nc2ccccc2c2cc(F)ccc12. The summed E-state index contributed by atoms with van der Waals surface area (Å²) in [6.45, 7) is 4.00. The number of hydrogen-bond acceptors (Lipinski definition) is 2. The monoisotopic (exact) mass is 257 g/mol. The second-order valence-corrected chi connectivity index (χ2v) is 3.83. The predicted molar refractivity (Wildman–Crippen MR) is 77.1 cm³/mol. The number of aromatic nitrogens is 1. The van der Waals surface area contributed by atoms with Gasteiger partial charge in [0, 0.05) is 10.8 Å². The van der Waals surface area contributed by atoms with E-state index < -0.39 is 0 Å². The van der Waals surface area contributed by atoms with Gasteiger partial charge in [-0.15, -0.1) is 0 Å². The molecule has 0 aliphatic carbocycles. The molecule has 3 rings (SSSR count). The Labute approximate surface area is 111 Å². The average molecular weight is 257 g/mol. The maximum atomic E-state index is 13.3. The first-order chi connectivity index (χ1) is 9.29. The maximum Gasteiger partial charge on any atom is 0.221 e. The van der Waals surface area contributed by atoms with Gasteiger partial charge in [-0.05, 0) is 29.7 Å². The molecule has 0 N–H and O–H groups in total. The standard InChI is InChI=1S/C14H10FNO.C2H6/c1-17-14-11-7-6-9(15)8-12(11)10-4-2-3-5-13(10)16-14;1-2/h2-8H,1H3;1-2H3. The van der Waals surface area contributed by atoms with E-state index in [4.69, 9.17) is 4.74 Å². The van der Waals surface area contributed by atoms with Gasteiger partial charge in [-0.2, -0.15) is 0 Å². The third-order valence-electron chi connectivity index (χ3n) is 2.82. The Kier molecular flexibility index (Phi) is 3.95. The molecule has 1 aromatic heterocycles. The molecule has 3 heteroatoms. The molecular weight excluding hydrogens is 241 g/mol. The van der Waals surface area contributed by atoms with Crippen molar-refractivity contribution >= 4 is 21.7 Å². The molecule has 0 bridgehead atoms. The largest absolute Gasteiger partial charge is 0.481 e. The molecule has 2 nitrogen and oxygen atoms in total. The van der Waals surface area contributed by atoms with Gasteiger partial charge < -0.3 is 4.74 Å².